The van der Waals surface area contributed by atoms with Crippen molar-refractivity contribution in [2.75, 3.05) is 20.1 Å². The van der Waals surface area contributed by atoms with Gasteiger partial charge in [-0.15, -0.1) is 12.4 Å². The maximum Gasteiger partial charge on any atom is 0.263 e. The average Bonchev–Trinajstić information content (AvgIpc) is 2.55. The Labute approximate surface area is 152 Å². The van der Waals surface area contributed by atoms with E-state index in [4.69, 9.17) is 4.74 Å². The van der Waals surface area contributed by atoms with E-state index in [1.165, 1.54) is 5.56 Å². The van der Waals surface area contributed by atoms with E-state index in [0.29, 0.717) is 12.0 Å². The Balaban J connectivity index is 0.00000288. The molecule has 2 unspecified atom stereocenters. The van der Waals surface area contributed by atoms with Gasteiger partial charge in [-0.2, -0.15) is 0 Å². The quantitative estimate of drug-likeness (QED) is 0.879. The standard InChI is InChI=1S/C19H30N2O2.ClH/c1-13(2)16-9-8-14(3)18(11-16)23-15(4)19(22)21-10-6-7-17(12-21)20-5;/h8-9,11,13,15,17,20H,6-7,10,12H2,1-5H3;1H. The van der Waals surface area contributed by atoms with Crippen LogP contribution in [0.25, 0.3) is 0 Å². The molecule has 1 amide bonds. The van der Waals surface area contributed by atoms with Crippen molar-refractivity contribution in [3.05, 3.63) is 29.3 Å². The number of carbonyl (C=O) groups excluding carboxylic acids is 1. The van der Waals surface area contributed by atoms with Gasteiger partial charge in [0.1, 0.15) is 5.75 Å². The number of amides is 1. The molecule has 2 rings (SSSR count). The number of aryl methyl sites for hydroxylation is 1. The van der Waals surface area contributed by atoms with Crippen molar-refractivity contribution >= 4 is 18.3 Å². The number of halogens is 1. The fourth-order valence-electron chi connectivity index (χ4n) is 3.01. The summed E-state index contributed by atoms with van der Waals surface area (Å²) in [6.07, 6.45) is 1.73. The number of piperidine rings is 1. The minimum Gasteiger partial charge on any atom is -0.481 e. The first-order valence-corrected chi connectivity index (χ1v) is 8.65. The summed E-state index contributed by atoms with van der Waals surface area (Å²) in [6, 6.07) is 6.66. The molecule has 136 valence electrons. The maximum atomic E-state index is 12.7. The van der Waals surface area contributed by atoms with Gasteiger partial charge in [0.25, 0.3) is 5.91 Å². The molecule has 1 saturated heterocycles. The Hall–Kier alpha value is -1.26. The number of ether oxygens (including phenoxy) is 1. The summed E-state index contributed by atoms with van der Waals surface area (Å²) in [5.41, 5.74) is 2.30. The lowest BCUT2D eigenvalue weighted by molar-refractivity contribution is -0.139. The van der Waals surface area contributed by atoms with Crippen LogP contribution in [-0.4, -0.2) is 43.1 Å². The van der Waals surface area contributed by atoms with E-state index in [-0.39, 0.29) is 18.3 Å². The first-order chi connectivity index (χ1) is 10.9. The molecule has 2 atom stereocenters. The minimum atomic E-state index is -0.452. The number of carbonyl (C=O) groups is 1. The van der Waals surface area contributed by atoms with E-state index >= 15 is 0 Å². The molecule has 5 heteroatoms. The van der Waals surface area contributed by atoms with E-state index in [1.54, 1.807) is 0 Å². The topological polar surface area (TPSA) is 41.6 Å². The van der Waals surface area contributed by atoms with Crippen LogP contribution in [0.2, 0.25) is 0 Å². The summed E-state index contributed by atoms with van der Waals surface area (Å²) in [7, 11) is 1.96. The van der Waals surface area contributed by atoms with Crippen LogP contribution in [0, 0.1) is 6.92 Å². The molecule has 0 bridgehead atoms. The lowest BCUT2D eigenvalue weighted by Crippen LogP contribution is -2.50. The van der Waals surface area contributed by atoms with Crippen molar-refractivity contribution in [3.63, 3.8) is 0 Å². The molecule has 24 heavy (non-hydrogen) atoms. The smallest absolute Gasteiger partial charge is 0.263 e. The highest BCUT2D eigenvalue weighted by Gasteiger charge is 2.27. The highest BCUT2D eigenvalue weighted by Crippen LogP contribution is 2.25. The Morgan fingerprint density at radius 1 is 1.33 bits per heavy atom. The van der Waals surface area contributed by atoms with Crippen molar-refractivity contribution in [3.8, 4) is 5.75 Å². The van der Waals surface area contributed by atoms with Gasteiger partial charge < -0.3 is 15.0 Å². The third-order valence-electron chi connectivity index (χ3n) is 4.67. The van der Waals surface area contributed by atoms with Crippen LogP contribution in [0.4, 0.5) is 0 Å². The van der Waals surface area contributed by atoms with Crippen molar-refractivity contribution in [2.24, 2.45) is 0 Å². The van der Waals surface area contributed by atoms with Crippen LogP contribution >= 0.6 is 12.4 Å². The molecule has 0 saturated carbocycles. The summed E-state index contributed by atoms with van der Waals surface area (Å²) in [4.78, 5) is 14.6. The number of rotatable bonds is 5. The second-order valence-electron chi connectivity index (χ2n) is 6.85. The zero-order valence-electron chi connectivity index (χ0n) is 15.5. The van der Waals surface area contributed by atoms with Gasteiger partial charge in [-0.05, 0) is 56.8 Å². The molecule has 4 nitrogen and oxygen atoms in total. The Morgan fingerprint density at radius 2 is 2.04 bits per heavy atom. The van der Waals surface area contributed by atoms with Gasteiger partial charge in [0.05, 0.1) is 0 Å². The summed E-state index contributed by atoms with van der Waals surface area (Å²) in [6.45, 7) is 9.80. The summed E-state index contributed by atoms with van der Waals surface area (Å²) in [5.74, 6) is 1.35. The molecule has 0 aromatic heterocycles. The zero-order chi connectivity index (χ0) is 17.0. The summed E-state index contributed by atoms with van der Waals surface area (Å²) < 4.78 is 6.01. The highest BCUT2D eigenvalue weighted by molar-refractivity contribution is 5.85. The van der Waals surface area contributed by atoms with Gasteiger partial charge >= 0.3 is 0 Å². The van der Waals surface area contributed by atoms with Crippen molar-refractivity contribution in [2.45, 2.75) is 58.6 Å². The third kappa shape index (κ3) is 5.12. The van der Waals surface area contributed by atoms with E-state index in [1.807, 2.05) is 25.8 Å². The van der Waals surface area contributed by atoms with E-state index in [0.717, 1.165) is 37.2 Å². The van der Waals surface area contributed by atoms with Gasteiger partial charge in [-0.3, -0.25) is 4.79 Å². The second-order valence-corrected chi connectivity index (χ2v) is 6.85. The number of hydrogen-bond acceptors (Lipinski definition) is 3. The monoisotopic (exact) mass is 354 g/mol. The van der Waals surface area contributed by atoms with Gasteiger partial charge in [-0.1, -0.05) is 26.0 Å². The van der Waals surface area contributed by atoms with E-state index in [2.05, 4.69) is 37.4 Å². The number of benzene rings is 1. The number of hydrogen-bond donors (Lipinski definition) is 1. The van der Waals surface area contributed by atoms with Crippen molar-refractivity contribution in [1.82, 2.24) is 10.2 Å². The molecular formula is C19H31ClN2O2. The fraction of sp³-hybridized carbons (Fsp3) is 0.632. The van der Waals surface area contributed by atoms with Crippen molar-refractivity contribution in [1.29, 1.82) is 0 Å². The molecule has 1 heterocycles. The molecule has 0 radical (unpaired) electrons. The lowest BCUT2D eigenvalue weighted by atomic mass is 10.0. The van der Waals surface area contributed by atoms with Crippen LogP contribution in [0.3, 0.4) is 0 Å². The predicted molar refractivity (Wildman–Crippen MR) is 101 cm³/mol. The molecule has 1 fully saturated rings. The van der Waals surface area contributed by atoms with Gasteiger partial charge in [0.2, 0.25) is 0 Å². The molecular weight excluding hydrogens is 324 g/mol. The predicted octanol–water partition coefficient (Wildman–Crippen LogP) is 3.52. The first-order valence-electron chi connectivity index (χ1n) is 8.65. The Bertz CT molecular complexity index is 548. The Morgan fingerprint density at radius 3 is 2.67 bits per heavy atom. The normalized spacial score (nSPS) is 18.9. The number of likely N-dealkylation sites (N-methyl/N-ethyl adjacent to an activating group) is 1. The molecule has 0 aliphatic carbocycles. The molecule has 0 spiro atoms. The third-order valence-corrected chi connectivity index (χ3v) is 4.67. The van der Waals surface area contributed by atoms with Gasteiger partial charge in [0, 0.05) is 19.1 Å². The van der Waals surface area contributed by atoms with Crippen LogP contribution in [0.5, 0.6) is 5.75 Å². The Kier molecular flexibility index (Phi) is 8.04. The molecule has 1 aliphatic heterocycles. The summed E-state index contributed by atoms with van der Waals surface area (Å²) >= 11 is 0. The average molecular weight is 355 g/mol. The number of nitrogens with zero attached hydrogens (tertiary/aromatic N) is 1. The molecule has 1 aromatic rings. The van der Waals surface area contributed by atoms with Crippen LogP contribution < -0.4 is 10.1 Å². The zero-order valence-corrected chi connectivity index (χ0v) is 16.3. The van der Waals surface area contributed by atoms with Crippen LogP contribution in [0.1, 0.15) is 50.7 Å². The summed E-state index contributed by atoms with van der Waals surface area (Å²) in [5, 5.41) is 3.27. The molecule has 1 aromatic carbocycles. The molecule has 1 aliphatic rings. The fourth-order valence-corrected chi connectivity index (χ4v) is 3.01. The molecule has 1 N–H and O–H groups in total. The van der Waals surface area contributed by atoms with E-state index in [9.17, 15) is 4.79 Å². The lowest BCUT2D eigenvalue weighted by Gasteiger charge is -2.34. The van der Waals surface area contributed by atoms with E-state index < -0.39 is 6.10 Å². The SMILES string of the molecule is CNC1CCCN(C(=O)C(C)Oc2cc(C(C)C)ccc2C)C1.Cl. The largest absolute Gasteiger partial charge is 0.481 e. The van der Waals surface area contributed by atoms with Crippen LogP contribution in [0.15, 0.2) is 18.2 Å². The van der Waals surface area contributed by atoms with Gasteiger partial charge in [0.15, 0.2) is 6.10 Å². The second kappa shape index (κ2) is 9.28. The van der Waals surface area contributed by atoms with Crippen LogP contribution in [-0.2, 0) is 4.79 Å². The van der Waals surface area contributed by atoms with Crippen molar-refractivity contribution < 1.29 is 9.53 Å². The first kappa shape index (κ1) is 20.8. The van der Waals surface area contributed by atoms with Gasteiger partial charge in [-0.25, -0.2) is 0 Å². The number of likely N-dealkylation sites (tertiary alicyclic amines) is 1. The maximum absolute atomic E-state index is 12.7. The number of nitrogens with one attached hydrogen (secondary N) is 1. The highest BCUT2D eigenvalue weighted by atomic mass is 35.5. The minimum absolute atomic E-state index is 0.